The second-order valence-electron chi connectivity index (χ2n) is 7.97. The molecule has 4 aromatic heterocycles. The Morgan fingerprint density at radius 3 is 2.79 bits per heavy atom. The molecule has 0 amide bonds. The van der Waals surface area contributed by atoms with Crippen molar-refractivity contribution in [1.29, 1.82) is 0 Å². The van der Waals surface area contributed by atoms with Gasteiger partial charge in [-0.1, -0.05) is 35.4 Å². The Hall–Kier alpha value is -4.60. The minimum Gasteiger partial charge on any atom is -0.462 e. The number of ether oxygens (including phenoxy) is 2. The van der Waals surface area contributed by atoms with Gasteiger partial charge < -0.3 is 23.8 Å². The van der Waals surface area contributed by atoms with Crippen LogP contribution < -0.4 is 4.90 Å². The molecule has 0 aliphatic carbocycles. The quantitative estimate of drug-likeness (QED) is 0.394. The van der Waals surface area contributed by atoms with E-state index in [1.165, 1.54) is 0 Å². The molecule has 0 unspecified atom stereocenters. The molecule has 0 saturated heterocycles. The van der Waals surface area contributed by atoms with Crippen LogP contribution in [0.25, 0.3) is 33.6 Å². The van der Waals surface area contributed by atoms with Crippen LogP contribution in [0.15, 0.2) is 77.6 Å². The average Bonchev–Trinajstić information content (AvgIpc) is 3.65. The lowest BCUT2D eigenvalue weighted by atomic mass is 10.1. The van der Waals surface area contributed by atoms with Gasteiger partial charge in [0.15, 0.2) is 5.76 Å². The predicted octanol–water partition coefficient (Wildman–Crippen LogP) is 3.87. The number of hydrogen-bond donors (Lipinski definition) is 1. The van der Waals surface area contributed by atoms with Gasteiger partial charge in [0.25, 0.3) is 5.89 Å². The molecule has 34 heavy (non-hydrogen) atoms. The molecule has 1 aromatic carbocycles. The van der Waals surface area contributed by atoms with E-state index in [0.29, 0.717) is 30.8 Å². The summed E-state index contributed by atoms with van der Waals surface area (Å²) in [6.07, 6.45) is 9.02. The number of rotatable bonds is 7. The highest BCUT2D eigenvalue weighted by atomic mass is 16.7. The zero-order valence-electron chi connectivity index (χ0n) is 18.4. The van der Waals surface area contributed by atoms with E-state index >= 15 is 0 Å². The molecule has 1 aliphatic rings. The topological polar surface area (TPSA) is 107 Å². The molecule has 0 spiro atoms. The Kier molecular flexibility index (Phi) is 4.95. The Morgan fingerprint density at radius 2 is 2.00 bits per heavy atom. The summed E-state index contributed by atoms with van der Waals surface area (Å²) in [5.41, 5.74) is 4.57. The number of anilines is 1. The number of hydrogen-bond acceptors (Lipinski definition) is 8. The summed E-state index contributed by atoms with van der Waals surface area (Å²) in [5, 5.41) is 13.8. The van der Waals surface area contributed by atoms with Crippen LogP contribution in [0.2, 0.25) is 0 Å². The van der Waals surface area contributed by atoms with E-state index < -0.39 is 0 Å². The minimum absolute atomic E-state index is 0.213. The maximum Gasteiger partial charge on any atom is 0.319 e. The van der Waals surface area contributed by atoms with Crippen LogP contribution in [0.4, 0.5) is 6.01 Å². The molecule has 1 aliphatic heterocycles. The zero-order chi connectivity index (χ0) is 22.9. The standard InChI is InChI=1S/C24H21N7O3/c1-30-12-18(9-27-30)17-7-20-21(10-26-22(20)25-8-17)23-28-29-24(34-23)31(13-19-14-32-15-33-19)11-16-5-3-2-4-6-16/h2-10,12,14H,11,13,15H2,1H3,(H,25,26). The highest BCUT2D eigenvalue weighted by Gasteiger charge is 2.21. The van der Waals surface area contributed by atoms with Gasteiger partial charge in [0.1, 0.15) is 11.9 Å². The lowest BCUT2D eigenvalue weighted by molar-refractivity contribution is 0.0796. The molecule has 1 N–H and O–H groups in total. The van der Waals surface area contributed by atoms with Crippen molar-refractivity contribution in [2.45, 2.75) is 6.54 Å². The summed E-state index contributed by atoms with van der Waals surface area (Å²) < 4.78 is 18.6. The molecule has 10 heteroatoms. The van der Waals surface area contributed by atoms with Gasteiger partial charge in [0, 0.05) is 48.7 Å². The molecule has 10 nitrogen and oxygen atoms in total. The number of aryl methyl sites for hydroxylation is 1. The number of benzene rings is 1. The highest BCUT2D eigenvalue weighted by molar-refractivity contribution is 5.93. The van der Waals surface area contributed by atoms with Gasteiger partial charge in [-0.3, -0.25) is 4.68 Å². The van der Waals surface area contributed by atoms with Gasteiger partial charge in [-0.25, -0.2) is 4.98 Å². The molecule has 170 valence electrons. The van der Waals surface area contributed by atoms with E-state index in [4.69, 9.17) is 13.9 Å². The fraction of sp³-hybridized carbons (Fsp3) is 0.167. The maximum atomic E-state index is 6.15. The van der Waals surface area contributed by atoms with E-state index in [9.17, 15) is 0 Å². The lowest BCUT2D eigenvalue weighted by Gasteiger charge is -2.19. The first-order chi connectivity index (χ1) is 16.7. The molecule has 0 fully saturated rings. The summed E-state index contributed by atoms with van der Waals surface area (Å²) >= 11 is 0. The highest BCUT2D eigenvalue weighted by Crippen LogP contribution is 2.32. The molecular formula is C24H21N7O3. The van der Waals surface area contributed by atoms with Crippen LogP contribution in [0.3, 0.4) is 0 Å². The number of aromatic nitrogens is 6. The van der Waals surface area contributed by atoms with Gasteiger partial charge >= 0.3 is 6.01 Å². The second kappa shape index (κ2) is 8.39. The van der Waals surface area contributed by atoms with Gasteiger partial charge in [-0.15, -0.1) is 5.10 Å². The fourth-order valence-corrected chi connectivity index (χ4v) is 3.90. The minimum atomic E-state index is 0.213. The number of nitrogens with zero attached hydrogens (tertiary/aromatic N) is 6. The molecule has 6 rings (SSSR count). The van der Waals surface area contributed by atoms with Crippen LogP contribution in [0.5, 0.6) is 0 Å². The van der Waals surface area contributed by atoms with E-state index in [0.717, 1.165) is 33.3 Å². The first kappa shape index (κ1) is 20.0. The Labute approximate surface area is 194 Å². The number of H-pyrrole nitrogens is 1. The number of fused-ring (bicyclic) bond motifs is 1. The van der Waals surface area contributed by atoms with E-state index in [2.05, 4.69) is 37.4 Å². The van der Waals surface area contributed by atoms with Crippen LogP contribution in [-0.4, -0.2) is 43.3 Å². The third kappa shape index (κ3) is 3.85. The average molecular weight is 455 g/mol. The lowest BCUT2D eigenvalue weighted by Crippen LogP contribution is -2.25. The summed E-state index contributed by atoms with van der Waals surface area (Å²) in [6.45, 7) is 1.23. The second-order valence-corrected chi connectivity index (χ2v) is 7.97. The first-order valence-electron chi connectivity index (χ1n) is 10.8. The Morgan fingerprint density at radius 1 is 1.09 bits per heavy atom. The first-order valence-corrected chi connectivity index (χ1v) is 10.8. The van der Waals surface area contributed by atoms with E-state index in [1.807, 2.05) is 61.0 Å². The summed E-state index contributed by atoms with van der Waals surface area (Å²) in [7, 11) is 1.89. The van der Waals surface area contributed by atoms with Crippen LogP contribution >= 0.6 is 0 Å². The third-order valence-electron chi connectivity index (χ3n) is 5.57. The van der Waals surface area contributed by atoms with Crippen LogP contribution in [-0.2, 0) is 23.1 Å². The molecule has 0 radical (unpaired) electrons. The molecule has 5 aromatic rings. The largest absolute Gasteiger partial charge is 0.462 e. The molecule has 0 bridgehead atoms. The Bertz CT molecular complexity index is 1470. The van der Waals surface area contributed by atoms with Crippen molar-refractivity contribution in [3.8, 4) is 22.6 Å². The monoisotopic (exact) mass is 455 g/mol. The van der Waals surface area contributed by atoms with Crippen molar-refractivity contribution in [2.24, 2.45) is 7.05 Å². The summed E-state index contributed by atoms with van der Waals surface area (Å²) in [5.74, 6) is 1.11. The van der Waals surface area contributed by atoms with Gasteiger partial charge in [0.2, 0.25) is 6.79 Å². The van der Waals surface area contributed by atoms with E-state index in [-0.39, 0.29) is 6.79 Å². The van der Waals surface area contributed by atoms with Crippen molar-refractivity contribution >= 4 is 17.0 Å². The fourth-order valence-electron chi connectivity index (χ4n) is 3.90. The summed E-state index contributed by atoms with van der Waals surface area (Å²) in [6, 6.07) is 12.5. The van der Waals surface area contributed by atoms with Crippen molar-refractivity contribution in [1.82, 2.24) is 29.9 Å². The van der Waals surface area contributed by atoms with Crippen molar-refractivity contribution in [2.75, 3.05) is 18.2 Å². The number of aromatic amines is 1. The normalized spacial score (nSPS) is 13.0. The van der Waals surface area contributed by atoms with Crippen LogP contribution in [0.1, 0.15) is 5.56 Å². The number of nitrogens with one attached hydrogen (secondary N) is 1. The van der Waals surface area contributed by atoms with Crippen LogP contribution in [0, 0.1) is 0 Å². The molecule has 5 heterocycles. The van der Waals surface area contributed by atoms with Gasteiger partial charge in [-0.2, -0.15) is 5.10 Å². The zero-order valence-corrected chi connectivity index (χ0v) is 18.4. The van der Waals surface area contributed by atoms with E-state index in [1.54, 1.807) is 10.9 Å². The van der Waals surface area contributed by atoms with Crippen molar-refractivity contribution in [3.63, 3.8) is 0 Å². The molecule has 0 atom stereocenters. The molecular weight excluding hydrogens is 434 g/mol. The van der Waals surface area contributed by atoms with Gasteiger partial charge in [-0.05, 0) is 11.6 Å². The number of pyridine rings is 1. The summed E-state index contributed by atoms with van der Waals surface area (Å²) in [4.78, 5) is 9.70. The van der Waals surface area contributed by atoms with Crippen molar-refractivity contribution < 1.29 is 13.9 Å². The smallest absolute Gasteiger partial charge is 0.319 e. The molecule has 0 saturated carbocycles. The maximum absolute atomic E-state index is 6.15. The van der Waals surface area contributed by atoms with Crippen molar-refractivity contribution in [3.05, 3.63) is 78.8 Å². The Balaban J connectivity index is 1.34. The third-order valence-corrected chi connectivity index (χ3v) is 5.57. The predicted molar refractivity (Wildman–Crippen MR) is 124 cm³/mol. The van der Waals surface area contributed by atoms with Gasteiger partial charge in [0.05, 0.1) is 18.3 Å². The SMILES string of the molecule is Cn1cc(-c2cnc3[nH]cc(-c4nnc(N(CC5=COCO5)Cc5ccccc5)o4)c3c2)cn1.